The van der Waals surface area contributed by atoms with Crippen molar-refractivity contribution in [3.63, 3.8) is 0 Å². The molecule has 0 aliphatic carbocycles. The zero-order valence-corrected chi connectivity index (χ0v) is 13.4. The fourth-order valence-corrected chi connectivity index (χ4v) is 2.30. The Labute approximate surface area is 150 Å². The number of rotatable bonds is 3. The first-order valence-corrected chi connectivity index (χ1v) is 6.82. The summed E-state index contributed by atoms with van der Waals surface area (Å²) in [5, 5.41) is 80.1. The molecule has 0 spiro atoms. The van der Waals surface area contributed by atoms with E-state index in [1.165, 1.54) is 0 Å². The van der Waals surface area contributed by atoms with E-state index in [0.29, 0.717) is 18.2 Å². The number of morpholine rings is 1. The zero-order valence-electron chi connectivity index (χ0n) is 13.4. The second-order valence-electron chi connectivity index (χ2n) is 5.50. The van der Waals surface area contributed by atoms with Crippen molar-refractivity contribution in [3.8, 4) is 0 Å². The molecule has 1 atom stereocenters. The van der Waals surface area contributed by atoms with Crippen molar-refractivity contribution in [1.82, 2.24) is 0 Å². The lowest BCUT2D eigenvalue weighted by atomic mass is 9.86. The lowest BCUT2D eigenvalue weighted by Gasteiger charge is -2.57. The molecule has 1 fully saturated rings. The SMILES string of the molecule is [B]C1(O)OC(O)(O)C(O)(O)N(c2cc(C(=O)OC)cc([N+](=O)[O-])c2)C1(O)O. The highest BCUT2D eigenvalue weighted by molar-refractivity contribution is 6.14. The van der Waals surface area contributed by atoms with E-state index in [1.807, 2.05) is 0 Å². The zero-order chi connectivity index (χ0) is 21.0. The maximum atomic E-state index is 11.7. The summed E-state index contributed by atoms with van der Waals surface area (Å²) in [5.41, 5.74) is -6.20. The number of benzene rings is 1. The van der Waals surface area contributed by atoms with Gasteiger partial charge >= 0.3 is 17.9 Å². The second-order valence-corrected chi connectivity index (χ2v) is 5.50. The van der Waals surface area contributed by atoms with Crippen molar-refractivity contribution < 1.29 is 54.9 Å². The van der Waals surface area contributed by atoms with Crippen LogP contribution in [0.5, 0.6) is 0 Å². The monoisotopic (exact) mass is 388 g/mol. The Kier molecular flexibility index (Phi) is 4.71. The predicted octanol–water partition coefficient (Wildman–Crippen LogP) is -4.05. The fraction of sp³-hybridized carbons (Fsp3) is 0.417. The summed E-state index contributed by atoms with van der Waals surface area (Å²) in [4.78, 5) is 21.2. The van der Waals surface area contributed by atoms with Crippen LogP contribution in [0.2, 0.25) is 0 Å². The molecule has 146 valence electrons. The Balaban J connectivity index is 2.81. The average molecular weight is 388 g/mol. The summed E-state index contributed by atoms with van der Waals surface area (Å²) in [6.07, 6.45) is 0. The molecule has 0 bridgehead atoms. The van der Waals surface area contributed by atoms with Gasteiger partial charge in [0.05, 0.1) is 23.3 Å². The summed E-state index contributed by atoms with van der Waals surface area (Å²) in [7, 11) is 5.95. The third kappa shape index (κ3) is 3.11. The molecule has 7 N–H and O–H groups in total. The average Bonchev–Trinajstić information content (AvgIpc) is 2.51. The number of hydrogen-bond donors (Lipinski definition) is 7. The number of nitro groups is 1. The van der Waals surface area contributed by atoms with Crippen LogP contribution in [-0.4, -0.2) is 85.1 Å². The van der Waals surface area contributed by atoms with E-state index in [-0.39, 0.29) is 0 Å². The maximum absolute atomic E-state index is 11.7. The van der Waals surface area contributed by atoms with E-state index in [1.54, 1.807) is 0 Å². The van der Waals surface area contributed by atoms with Gasteiger partial charge in [-0.3, -0.25) is 19.8 Å². The predicted molar refractivity (Wildman–Crippen MR) is 80.2 cm³/mol. The molecule has 27 heavy (non-hydrogen) atoms. The van der Waals surface area contributed by atoms with Crippen molar-refractivity contribution in [1.29, 1.82) is 0 Å². The molecule has 0 amide bonds. The van der Waals surface area contributed by atoms with Gasteiger partial charge in [-0.05, 0) is 6.07 Å². The Morgan fingerprint density at radius 1 is 1.15 bits per heavy atom. The molecule has 2 rings (SSSR count). The molecule has 1 aliphatic rings. The largest absolute Gasteiger partial charge is 0.465 e. The number of carbonyl (C=O) groups is 1. The summed E-state index contributed by atoms with van der Waals surface area (Å²) in [6, 6.07) is 1.80. The standard InChI is InChI=1S/C12H13BN2O12/c1-26-8(16)5-2-6(4-7(3-5)15(24)25)14-10(18,19)9(13,17)27-12(22,23)11(14,20)21/h2-4,17-23H,1H3. The minimum atomic E-state index is -4.15. The van der Waals surface area contributed by atoms with Gasteiger partial charge < -0.3 is 40.5 Å². The van der Waals surface area contributed by atoms with Gasteiger partial charge in [0.2, 0.25) is 0 Å². The van der Waals surface area contributed by atoms with Crippen LogP contribution in [0, 0.1) is 10.1 Å². The van der Waals surface area contributed by atoms with Gasteiger partial charge in [-0.25, -0.2) is 4.79 Å². The number of aliphatic hydroxyl groups is 7. The third-order valence-electron chi connectivity index (χ3n) is 3.63. The third-order valence-corrected chi connectivity index (χ3v) is 3.63. The number of ether oxygens (including phenoxy) is 2. The number of esters is 1. The number of anilines is 1. The molecule has 14 nitrogen and oxygen atoms in total. The van der Waals surface area contributed by atoms with Crippen molar-refractivity contribution >= 4 is 25.2 Å². The summed E-state index contributed by atoms with van der Waals surface area (Å²) in [6.45, 7) is 0. The number of nitro benzene ring substituents is 1. The number of hydrogen-bond acceptors (Lipinski definition) is 13. The van der Waals surface area contributed by atoms with E-state index in [9.17, 15) is 50.7 Å². The van der Waals surface area contributed by atoms with Gasteiger partial charge in [-0.15, -0.1) is 0 Å². The molecule has 2 radical (unpaired) electrons. The van der Waals surface area contributed by atoms with Crippen LogP contribution in [0.3, 0.4) is 0 Å². The van der Waals surface area contributed by atoms with Crippen LogP contribution in [0.1, 0.15) is 10.4 Å². The first-order valence-electron chi connectivity index (χ1n) is 6.82. The molecule has 1 aromatic carbocycles. The molecule has 0 saturated carbocycles. The van der Waals surface area contributed by atoms with Crippen LogP contribution in [0.4, 0.5) is 11.4 Å². The smallest absolute Gasteiger partial charge is 0.360 e. The van der Waals surface area contributed by atoms with Gasteiger partial charge in [0.15, 0.2) is 13.5 Å². The molecule has 1 aliphatic heterocycles. The van der Waals surface area contributed by atoms with Gasteiger partial charge in [0.1, 0.15) is 0 Å². The maximum Gasteiger partial charge on any atom is 0.360 e. The quantitative estimate of drug-likeness (QED) is 0.0862. The van der Waals surface area contributed by atoms with Crippen LogP contribution in [0.25, 0.3) is 0 Å². The summed E-state index contributed by atoms with van der Waals surface area (Å²) >= 11 is 0. The molecule has 1 unspecified atom stereocenters. The Bertz CT molecular complexity index is 767. The molecular formula is C12H13BN2O12. The van der Waals surface area contributed by atoms with Gasteiger partial charge in [0, 0.05) is 12.1 Å². The minimum Gasteiger partial charge on any atom is -0.465 e. The van der Waals surface area contributed by atoms with Crippen LogP contribution >= 0.6 is 0 Å². The minimum absolute atomic E-state index is 0.478. The van der Waals surface area contributed by atoms with E-state index in [4.69, 9.17) is 7.85 Å². The van der Waals surface area contributed by atoms with E-state index in [0.717, 1.165) is 7.11 Å². The Morgan fingerprint density at radius 3 is 2.19 bits per heavy atom. The summed E-state index contributed by atoms with van der Waals surface area (Å²) < 4.78 is 8.27. The highest BCUT2D eigenvalue weighted by atomic mass is 16.9. The van der Waals surface area contributed by atoms with E-state index >= 15 is 0 Å². The Morgan fingerprint density at radius 2 is 1.70 bits per heavy atom. The van der Waals surface area contributed by atoms with Crippen molar-refractivity contribution in [3.05, 3.63) is 33.9 Å². The van der Waals surface area contributed by atoms with Crippen LogP contribution in [0.15, 0.2) is 18.2 Å². The molecule has 0 aromatic heterocycles. The molecule has 1 heterocycles. The normalized spacial score (nSPS) is 25.7. The Hall–Kier alpha value is -2.37. The molecular weight excluding hydrogens is 375 g/mol. The van der Waals surface area contributed by atoms with Gasteiger partial charge in [-0.1, -0.05) is 0 Å². The van der Waals surface area contributed by atoms with E-state index < -0.39 is 56.2 Å². The van der Waals surface area contributed by atoms with Crippen LogP contribution < -0.4 is 4.90 Å². The van der Waals surface area contributed by atoms with Crippen molar-refractivity contribution in [2.24, 2.45) is 0 Å². The number of methoxy groups -OCH3 is 1. The molecule has 1 saturated heterocycles. The van der Waals surface area contributed by atoms with E-state index in [2.05, 4.69) is 9.47 Å². The fourth-order valence-electron chi connectivity index (χ4n) is 2.30. The highest BCUT2D eigenvalue weighted by Gasteiger charge is 2.72. The van der Waals surface area contributed by atoms with Crippen LogP contribution in [-0.2, 0) is 9.47 Å². The number of carbonyl (C=O) groups excluding carboxylic acids is 1. The first-order chi connectivity index (χ1) is 12.1. The number of non-ortho nitro benzene ring substituents is 1. The topological polar surface area (TPSA) is 224 Å². The van der Waals surface area contributed by atoms with Gasteiger partial charge in [-0.2, -0.15) is 0 Å². The van der Waals surface area contributed by atoms with Crippen molar-refractivity contribution in [2.45, 2.75) is 23.5 Å². The number of nitrogens with zero attached hydrogens (tertiary/aromatic N) is 2. The lowest BCUT2D eigenvalue weighted by molar-refractivity contribution is -0.550. The van der Waals surface area contributed by atoms with Gasteiger partial charge in [0.25, 0.3) is 11.6 Å². The summed E-state index contributed by atoms with van der Waals surface area (Å²) in [5.74, 6) is -13.4. The molecule has 1 aromatic rings. The molecule has 15 heteroatoms. The lowest BCUT2D eigenvalue weighted by Crippen LogP contribution is -2.85. The van der Waals surface area contributed by atoms with Crippen molar-refractivity contribution in [2.75, 3.05) is 12.0 Å². The second kappa shape index (κ2) is 6.08. The first kappa shape index (κ1) is 20.9. The highest BCUT2D eigenvalue weighted by Crippen LogP contribution is 2.44.